The van der Waals surface area contributed by atoms with Crippen molar-refractivity contribution in [1.29, 1.82) is 0 Å². The van der Waals surface area contributed by atoms with Gasteiger partial charge in [-0.05, 0) is 103 Å². The number of carboxylic acids is 1. The van der Waals surface area contributed by atoms with Gasteiger partial charge in [0, 0.05) is 37.4 Å². The molecule has 29 nitrogen and oxygen atoms in total. The highest BCUT2D eigenvalue weighted by atomic mass is 16.4. The minimum Gasteiger partial charge on any atom is -0.477 e. The first-order chi connectivity index (χ1) is 36.3. The van der Waals surface area contributed by atoms with Crippen LogP contribution in [0.2, 0.25) is 0 Å². The molecule has 0 radical (unpaired) electrons. The predicted octanol–water partition coefficient (Wildman–Crippen LogP) is -5.45. The van der Waals surface area contributed by atoms with E-state index in [-0.39, 0.29) is 82.2 Å². The highest BCUT2D eigenvalue weighted by Crippen LogP contribution is 2.40. The number of likely N-dealkylation sites (tertiary alicyclic amines) is 1. The van der Waals surface area contributed by atoms with Crippen LogP contribution in [0.5, 0.6) is 0 Å². The van der Waals surface area contributed by atoms with Gasteiger partial charge in [0.1, 0.15) is 41.6 Å². The van der Waals surface area contributed by atoms with Gasteiger partial charge >= 0.3 is 5.97 Å². The van der Waals surface area contributed by atoms with E-state index in [0.717, 1.165) is 12.8 Å². The van der Waals surface area contributed by atoms with Crippen LogP contribution < -0.4 is 72.0 Å². The molecule has 424 valence electrons. The van der Waals surface area contributed by atoms with E-state index in [1.807, 2.05) is 0 Å². The zero-order valence-electron chi connectivity index (χ0n) is 43.2. The van der Waals surface area contributed by atoms with Crippen molar-refractivity contribution in [1.82, 2.24) is 46.8 Å². The number of aliphatic hydroxyl groups excluding tert-OH is 1. The highest BCUT2D eigenvalue weighted by Gasteiger charge is 2.49. The number of carbonyl (C=O) groups excluding carboxylic acids is 8. The number of rotatable bonds is 33. The van der Waals surface area contributed by atoms with E-state index in [9.17, 15) is 53.4 Å². The first-order valence-corrected chi connectivity index (χ1v) is 25.7. The minimum atomic E-state index is -1.57. The third kappa shape index (κ3) is 20.7. The zero-order valence-corrected chi connectivity index (χ0v) is 43.2. The van der Waals surface area contributed by atoms with E-state index in [1.165, 1.54) is 30.4 Å². The van der Waals surface area contributed by atoms with Gasteiger partial charge in [-0.1, -0.05) is 25.3 Å². The second-order valence-corrected chi connectivity index (χ2v) is 18.7. The summed E-state index contributed by atoms with van der Waals surface area (Å²) < 4.78 is 0. The summed E-state index contributed by atoms with van der Waals surface area (Å²) in [7, 11) is 0. The fourth-order valence-corrected chi connectivity index (χ4v) is 8.80. The number of nitrogens with one attached hydrogen (secondary N) is 7. The van der Waals surface area contributed by atoms with Crippen molar-refractivity contribution >= 4 is 64.9 Å². The summed E-state index contributed by atoms with van der Waals surface area (Å²) in [6.07, 6.45) is 7.86. The van der Waals surface area contributed by atoms with Crippen LogP contribution in [-0.4, -0.2) is 178 Å². The van der Waals surface area contributed by atoms with Gasteiger partial charge in [0.25, 0.3) is 11.8 Å². The van der Waals surface area contributed by atoms with Gasteiger partial charge in [0.2, 0.25) is 35.4 Å². The average molecular weight is 1070 g/mol. The summed E-state index contributed by atoms with van der Waals surface area (Å²) in [6.45, 7) is 0.967. The van der Waals surface area contributed by atoms with E-state index in [1.54, 1.807) is 0 Å². The maximum absolute atomic E-state index is 14.7. The molecule has 0 aromatic carbocycles. The number of hydrogen-bond donors (Lipinski definition) is 16. The van der Waals surface area contributed by atoms with E-state index in [4.69, 9.17) is 40.1 Å². The van der Waals surface area contributed by atoms with Crippen molar-refractivity contribution in [3.05, 3.63) is 30.0 Å². The SMILES string of the molecule is C[C@H](NC(=O)[C@@H](NC(=O)[C@@H](N)CCCCN)[C@@H](O)CN)C(=O)NCC(=O)N=C(CCCN)C(=O)N1C2CCCCC2C[C@H]1C(=O)N[C@@H](Cc1cnc[nH]1)C(=O)N[C@@H](CCCCN)C(=O)N/C(=C\CCN=C(N)N)C(=O)O. The highest BCUT2D eigenvalue weighted by molar-refractivity contribution is 6.40. The number of carbonyl (C=O) groups is 9. The number of H-pyrrole nitrogens is 1. The van der Waals surface area contributed by atoms with Crippen LogP contribution in [0.25, 0.3) is 0 Å². The third-order valence-electron chi connectivity index (χ3n) is 12.9. The zero-order chi connectivity index (χ0) is 56.3. The number of carboxylic acid groups (broad SMARTS) is 1. The number of fused-ring (bicyclic) bond motifs is 1. The lowest BCUT2D eigenvalue weighted by Crippen LogP contribution is -2.60. The molecule has 1 aliphatic heterocycles. The van der Waals surface area contributed by atoms with Crippen LogP contribution in [0, 0.1) is 5.92 Å². The fourth-order valence-electron chi connectivity index (χ4n) is 8.80. The number of guanidine groups is 1. The van der Waals surface area contributed by atoms with Crippen LogP contribution in [0.3, 0.4) is 0 Å². The topological polar surface area (TPSA) is 505 Å². The number of unbranched alkanes of at least 4 members (excludes halogenated alkanes) is 2. The minimum absolute atomic E-state index is 0.0409. The summed E-state index contributed by atoms with van der Waals surface area (Å²) in [4.78, 5) is 138. The number of hydrogen-bond acceptors (Lipinski definition) is 17. The molecule has 23 N–H and O–H groups in total. The number of aromatic nitrogens is 2. The molecule has 1 aromatic heterocycles. The standard InChI is InChI=1S/C47H80N18O11/c1-26(59-44(73)38(36(66)22-51)64-40(69)29(52)11-4-6-16-48)39(68)57-24-37(67)60-31(13-8-18-50)45(74)65-34-15-3-2-10-27(34)20-35(65)43(72)63-33(21-28-23-55-25-58-28)42(71)61-30(12-5-7-17-49)41(70)62-32(46(75)76)14-9-19-56-47(53)54/h14,23,25-27,29-30,33-36,38,66H,2-13,15-22,24,48-52H2,1H3,(H,55,58)(H,57,68)(H,59,73)(H,61,71)(H,62,70)(H,63,72)(H,64,69)(H,75,76)(H4,53,54,56)/b32-14-,60-31?/t26-,27?,29-,30-,33-,34?,35-,36-,38-/m0/s1. The van der Waals surface area contributed by atoms with E-state index in [2.05, 4.69) is 51.9 Å². The molecule has 76 heavy (non-hydrogen) atoms. The molecule has 2 fully saturated rings. The molecule has 29 heteroatoms. The van der Waals surface area contributed by atoms with Crippen molar-refractivity contribution < 1.29 is 53.4 Å². The number of aliphatic carboxylic acids is 1. The van der Waals surface area contributed by atoms with E-state index in [0.29, 0.717) is 50.8 Å². The number of nitrogens with two attached hydrogens (primary N) is 7. The second-order valence-electron chi connectivity index (χ2n) is 18.7. The first kappa shape index (κ1) is 63.4. The molecular weight excluding hydrogens is 993 g/mol. The van der Waals surface area contributed by atoms with Crippen LogP contribution in [0.4, 0.5) is 0 Å². The van der Waals surface area contributed by atoms with Gasteiger partial charge in [-0.2, -0.15) is 0 Å². The molecule has 1 saturated carbocycles. The Balaban J connectivity index is 1.84. The second kappa shape index (κ2) is 33.2. The Labute approximate surface area is 440 Å². The molecular formula is C47H80N18O11. The Morgan fingerprint density at radius 3 is 2.16 bits per heavy atom. The van der Waals surface area contributed by atoms with Gasteiger partial charge in [0.05, 0.1) is 25.0 Å². The predicted molar refractivity (Wildman–Crippen MR) is 278 cm³/mol. The number of aromatic amines is 1. The average Bonchev–Trinajstić information content (AvgIpc) is 4.06. The fraction of sp³-hybridized carbons (Fsp3) is 0.660. The molecule has 0 bridgehead atoms. The van der Waals surface area contributed by atoms with Crippen LogP contribution >= 0.6 is 0 Å². The molecule has 3 rings (SSSR count). The molecule has 1 aromatic rings. The lowest BCUT2D eigenvalue weighted by molar-refractivity contribution is -0.138. The van der Waals surface area contributed by atoms with Crippen LogP contribution in [-0.2, 0) is 49.6 Å². The summed E-state index contributed by atoms with van der Waals surface area (Å²) in [5.41, 5.74) is 39.0. The van der Waals surface area contributed by atoms with Gasteiger partial charge in [-0.3, -0.25) is 43.3 Å². The monoisotopic (exact) mass is 1070 g/mol. The number of aliphatic imine (C=N–C) groups is 2. The third-order valence-corrected chi connectivity index (χ3v) is 12.9. The Morgan fingerprint density at radius 2 is 1.53 bits per heavy atom. The smallest absolute Gasteiger partial charge is 0.352 e. The Hall–Kier alpha value is -6.92. The van der Waals surface area contributed by atoms with Gasteiger partial charge < -0.3 is 92.1 Å². The molecule has 1 saturated heterocycles. The quantitative estimate of drug-likeness (QED) is 0.0135. The van der Waals surface area contributed by atoms with Crippen LogP contribution in [0.1, 0.15) is 103 Å². The number of aliphatic hydroxyl groups is 1. The normalized spacial score (nSPS) is 18.8. The van der Waals surface area contributed by atoms with E-state index >= 15 is 0 Å². The van der Waals surface area contributed by atoms with Crippen molar-refractivity contribution in [3.63, 3.8) is 0 Å². The largest absolute Gasteiger partial charge is 0.477 e. The lowest BCUT2D eigenvalue weighted by atomic mass is 9.84. The Bertz CT molecular complexity index is 2210. The maximum atomic E-state index is 14.7. The van der Waals surface area contributed by atoms with Crippen molar-refractivity contribution in [2.75, 3.05) is 39.3 Å². The molecule has 2 aliphatic rings. The van der Waals surface area contributed by atoms with Crippen LogP contribution in [0.15, 0.2) is 34.3 Å². The molecule has 9 atom stereocenters. The van der Waals surface area contributed by atoms with Gasteiger partial charge in [-0.25, -0.2) is 14.8 Å². The molecule has 1 aliphatic carbocycles. The first-order valence-electron chi connectivity index (χ1n) is 25.7. The van der Waals surface area contributed by atoms with E-state index < -0.39 is 120 Å². The summed E-state index contributed by atoms with van der Waals surface area (Å²) in [5.74, 6) is -8.36. The number of imidazole rings is 1. The van der Waals surface area contributed by atoms with Crippen molar-refractivity contribution in [3.8, 4) is 0 Å². The Morgan fingerprint density at radius 1 is 0.842 bits per heavy atom. The number of amides is 8. The molecule has 8 amide bonds. The number of nitrogens with zero attached hydrogens (tertiary/aromatic N) is 4. The van der Waals surface area contributed by atoms with Gasteiger partial charge in [-0.15, -0.1) is 0 Å². The molecule has 0 spiro atoms. The molecule has 2 unspecified atom stereocenters. The Kier molecular flexibility index (Phi) is 27.7. The maximum Gasteiger partial charge on any atom is 0.352 e. The van der Waals surface area contributed by atoms with Crippen molar-refractivity contribution in [2.24, 2.45) is 56.0 Å². The van der Waals surface area contributed by atoms with Gasteiger partial charge in [0.15, 0.2) is 5.96 Å². The lowest BCUT2D eigenvalue weighted by Gasteiger charge is -2.34. The summed E-state index contributed by atoms with van der Waals surface area (Å²) in [5, 5.41) is 35.2. The summed E-state index contributed by atoms with van der Waals surface area (Å²) >= 11 is 0. The molecule has 2 heterocycles. The summed E-state index contributed by atoms with van der Waals surface area (Å²) in [6, 6.07) is -8.13. The van der Waals surface area contributed by atoms with Crippen molar-refractivity contribution in [2.45, 2.75) is 152 Å².